The van der Waals surface area contributed by atoms with Gasteiger partial charge in [-0.2, -0.15) is 0 Å². The van der Waals surface area contributed by atoms with Crippen LogP contribution in [-0.4, -0.2) is 37.2 Å². The van der Waals surface area contributed by atoms with Gasteiger partial charge in [-0.25, -0.2) is 0 Å². The number of carbonyl (C=O) groups excluding carboxylic acids is 3. The summed E-state index contributed by atoms with van der Waals surface area (Å²) >= 11 is 0. The number of allylic oxidation sites excluding steroid dienone is 2. The molecule has 6 nitrogen and oxygen atoms in total. The molecular formula is C74H142O6. The van der Waals surface area contributed by atoms with E-state index in [2.05, 4.69) is 32.9 Å². The molecule has 0 spiro atoms. The molecule has 0 N–H and O–H groups in total. The van der Waals surface area contributed by atoms with Crippen LogP contribution in [0.25, 0.3) is 0 Å². The highest BCUT2D eigenvalue weighted by Gasteiger charge is 2.20. The highest BCUT2D eigenvalue weighted by Crippen LogP contribution is 2.19. The van der Waals surface area contributed by atoms with Crippen molar-refractivity contribution in [2.75, 3.05) is 13.2 Å². The van der Waals surface area contributed by atoms with Gasteiger partial charge < -0.3 is 14.2 Å². The maximum Gasteiger partial charge on any atom is 0.306 e. The first-order valence-corrected chi connectivity index (χ1v) is 36.7. The number of esters is 3. The van der Waals surface area contributed by atoms with Crippen LogP contribution in [0.5, 0.6) is 0 Å². The first-order valence-electron chi connectivity index (χ1n) is 36.7. The molecule has 1 unspecified atom stereocenters. The summed E-state index contributed by atoms with van der Waals surface area (Å²) in [7, 11) is 0. The highest BCUT2D eigenvalue weighted by atomic mass is 16.6. The largest absolute Gasteiger partial charge is 0.462 e. The Morgan fingerprint density at radius 3 is 0.625 bits per heavy atom. The van der Waals surface area contributed by atoms with Crippen LogP contribution in [0, 0.1) is 0 Å². The van der Waals surface area contributed by atoms with Gasteiger partial charge >= 0.3 is 17.9 Å². The Morgan fingerprint density at radius 2 is 0.412 bits per heavy atom. The second-order valence-electron chi connectivity index (χ2n) is 25.2. The number of unbranched alkanes of at least 4 members (excludes halogenated alkanes) is 56. The zero-order valence-electron chi connectivity index (χ0n) is 54.6. The van der Waals surface area contributed by atoms with E-state index in [1.54, 1.807) is 0 Å². The summed E-state index contributed by atoms with van der Waals surface area (Å²) in [6, 6.07) is 0. The van der Waals surface area contributed by atoms with Gasteiger partial charge in [-0.1, -0.05) is 373 Å². The van der Waals surface area contributed by atoms with Crippen molar-refractivity contribution in [2.45, 2.75) is 431 Å². The third kappa shape index (κ3) is 66.9. The van der Waals surface area contributed by atoms with Crippen LogP contribution in [0.2, 0.25) is 0 Å². The van der Waals surface area contributed by atoms with Crippen molar-refractivity contribution in [3.8, 4) is 0 Å². The molecule has 0 aliphatic carbocycles. The fourth-order valence-corrected chi connectivity index (χ4v) is 11.5. The van der Waals surface area contributed by atoms with Crippen LogP contribution in [0.4, 0.5) is 0 Å². The van der Waals surface area contributed by atoms with Gasteiger partial charge in [0.1, 0.15) is 13.2 Å². The summed E-state index contributed by atoms with van der Waals surface area (Å²) in [5.41, 5.74) is 0. The van der Waals surface area contributed by atoms with Crippen molar-refractivity contribution in [3.05, 3.63) is 12.2 Å². The maximum absolute atomic E-state index is 13.0. The molecule has 80 heavy (non-hydrogen) atoms. The Bertz CT molecular complexity index is 1250. The molecule has 0 aromatic carbocycles. The van der Waals surface area contributed by atoms with Crippen LogP contribution in [0.15, 0.2) is 12.2 Å². The molecule has 0 amide bonds. The Hall–Kier alpha value is -1.85. The number of rotatable bonds is 69. The van der Waals surface area contributed by atoms with E-state index in [1.807, 2.05) is 0 Å². The summed E-state index contributed by atoms with van der Waals surface area (Å²) in [6.07, 6.45) is 84.0. The lowest BCUT2D eigenvalue weighted by Gasteiger charge is -2.18. The lowest BCUT2D eigenvalue weighted by Crippen LogP contribution is -2.30. The molecule has 0 fully saturated rings. The maximum atomic E-state index is 13.0. The van der Waals surface area contributed by atoms with Gasteiger partial charge in [-0.15, -0.1) is 0 Å². The molecule has 0 rings (SSSR count). The van der Waals surface area contributed by atoms with Gasteiger partial charge in [-0.05, 0) is 44.9 Å². The van der Waals surface area contributed by atoms with E-state index in [0.717, 1.165) is 57.8 Å². The predicted octanol–water partition coefficient (Wildman–Crippen LogP) is 25.2. The first-order chi connectivity index (χ1) is 39.5. The second-order valence-corrected chi connectivity index (χ2v) is 25.2. The summed E-state index contributed by atoms with van der Waals surface area (Å²) in [5.74, 6) is -0.826. The molecule has 0 aliphatic heterocycles. The average Bonchev–Trinajstić information content (AvgIpc) is 3.46. The van der Waals surface area contributed by atoms with E-state index in [9.17, 15) is 14.4 Å². The van der Waals surface area contributed by atoms with Gasteiger partial charge in [0, 0.05) is 19.3 Å². The Kier molecular flexibility index (Phi) is 68.0. The van der Waals surface area contributed by atoms with E-state index in [4.69, 9.17) is 14.2 Å². The molecule has 0 saturated heterocycles. The summed E-state index contributed by atoms with van der Waals surface area (Å²) < 4.78 is 17.0. The van der Waals surface area contributed by atoms with Crippen LogP contribution < -0.4 is 0 Å². The molecule has 6 heteroatoms. The number of carbonyl (C=O) groups is 3. The van der Waals surface area contributed by atoms with Crippen LogP contribution in [0.3, 0.4) is 0 Å². The Labute approximate surface area is 501 Å². The second kappa shape index (κ2) is 69.6. The third-order valence-electron chi connectivity index (χ3n) is 17.0. The molecule has 0 bridgehead atoms. The van der Waals surface area contributed by atoms with E-state index in [1.165, 1.54) is 327 Å². The normalized spacial score (nSPS) is 12.0. The molecule has 0 radical (unpaired) electrons. The number of ether oxygens (including phenoxy) is 3. The summed E-state index contributed by atoms with van der Waals surface area (Å²) in [4.78, 5) is 38.4. The molecule has 0 aromatic rings. The Morgan fingerprint density at radius 1 is 0.237 bits per heavy atom. The molecule has 0 heterocycles. The fraction of sp³-hybridized carbons (Fsp3) is 0.932. The predicted molar refractivity (Wildman–Crippen MR) is 349 cm³/mol. The van der Waals surface area contributed by atoms with Gasteiger partial charge in [0.2, 0.25) is 0 Å². The van der Waals surface area contributed by atoms with Crippen molar-refractivity contribution in [2.24, 2.45) is 0 Å². The van der Waals surface area contributed by atoms with E-state index < -0.39 is 6.10 Å². The van der Waals surface area contributed by atoms with Crippen molar-refractivity contribution in [1.29, 1.82) is 0 Å². The smallest absolute Gasteiger partial charge is 0.306 e. The van der Waals surface area contributed by atoms with Crippen molar-refractivity contribution >= 4 is 17.9 Å². The van der Waals surface area contributed by atoms with Crippen molar-refractivity contribution in [3.63, 3.8) is 0 Å². The Balaban J connectivity index is 4.17. The van der Waals surface area contributed by atoms with Crippen LogP contribution >= 0.6 is 0 Å². The minimum Gasteiger partial charge on any atom is -0.462 e. The molecule has 0 aromatic heterocycles. The lowest BCUT2D eigenvalue weighted by atomic mass is 10.0. The van der Waals surface area contributed by atoms with Crippen molar-refractivity contribution in [1.82, 2.24) is 0 Å². The fourth-order valence-electron chi connectivity index (χ4n) is 11.5. The molecule has 474 valence electrons. The minimum atomic E-state index is -0.766. The van der Waals surface area contributed by atoms with Crippen LogP contribution in [0.1, 0.15) is 425 Å². The molecular weight excluding hydrogens is 985 g/mol. The minimum absolute atomic E-state index is 0.0626. The number of hydrogen-bond donors (Lipinski definition) is 0. The van der Waals surface area contributed by atoms with E-state index in [0.29, 0.717) is 19.3 Å². The van der Waals surface area contributed by atoms with E-state index in [-0.39, 0.29) is 31.1 Å². The topological polar surface area (TPSA) is 78.9 Å². The third-order valence-corrected chi connectivity index (χ3v) is 17.0. The van der Waals surface area contributed by atoms with Gasteiger partial charge in [0.25, 0.3) is 0 Å². The standard InChI is InChI=1S/C74H142O6/c1-4-7-10-13-16-19-22-25-27-29-31-33-35-37-39-41-43-45-47-49-52-55-58-61-64-67-73(76)79-70-71(69-78-72(75)66-63-60-57-54-51-24-21-18-15-12-9-6-3)80-74(77)68-65-62-59-56-53-50-48-46-44-42-40-38-36-34-32-30-28-26-23-20-17-14-11-8-5-2/h29,31,71H,4-28,30,32-70H2,1-3H3/b31-29-. The first kappa shape index (κ1) is 78.1. The summed E-state index contributed by atoms with van der Waals surface area (Å²) in [5, 5.41) is 0. The molecule has 1 atom stereocenters. The lowest BCUT2D eigenvalue weighted by molar-refractivity contribution is -0.167. The molecule has 0 saturated carbocycles. The average molecular weight is 1130 g/mol. The van der Waals surface area contributed by atoms with Crippen molar-refractivity contribution < 1.29 is 28.6 Å². The van der Waals surface area contributed by atoms with Crippen LogP contribution in [-0.2, 0) is 28.6 Å². The van der Waals surface area contributed by atoms with Gasteiger partial charge in [-0.3, -0.25) is 14.4 Å². The highest BCUT2D eigenvalue weighted by molar-refractivity contribution is 5.71. The quantitative estimate of drug-likeness (QED) is 0.0261. The zero-order valence-corrected chi connectivity index (χ0v) is 54.6. The number of hydrogen-bond acceptors (Lipinski definition) is 6. The SMILES string of the molecule is CCCCCCCCCC/C=C\CCCCCCCCCCCCCCCC(=O)OCC(COC(=O)CCCCCCCCCCCCCC)OC(=O)CCCCCCCCCCCCCCCCCCCCCCCCCCC. The van der Waals surface area contributed by atoms with Gasteiger partial charge in [0.05, 0.1) is 0 Å². The zero-order chi connectivity index (χ0) is 57.8. The van der Waals surface area contributed by atoms with E-state index >= 15 is 0 Å². The monoisotopic (exact) mass is 1130 g/mol. The van der Waals surface area contributed by atoms with Gasteiger partial charge in [0.15, 0.2) is 6.10 Å². The summed E-state index contributed by atoms with van der Waals surface area (Å²) in [6.45, 7) is 6.73. The molecule has 0 aliphatic rings.